The van der Waals surface area contributed by atoms with Gasteiger partial charge in [-0.15, -0.1) is 0 Å². The normalized spacial score (nSPS) is 11.2. The van der Waals surface area contributed by atoms with Crippen molar-refractivity contribution in [1.29, 1.82) is 0 Å². The summed E-state index contributed by atoms with van der Waals surface area (Å²) in [4.78, 5) is 2.19. The van der Waals surface area contributed by atoms with Gasteiger partial charge in [0.05, 0.1) is 11.4 Å². The summed E-state index contributed by atoms with van der Waals surface area (Å²) in [7, 11) is 4.04. The molecule has 0 spiro atoms. The molecule has 4 heteroatoms. The molecule has 0 aliphatic carbocycles. The summed E-state index contributed by atoms with van der Waals surface area (Å²) >= 11 is 0. The van der Waals surface area contributed by atoms with Gasteiger partial charge in [0.15, 0.2) is 0 Å². The van der Waals surface area contributed by atoms with E-state index in [1.54, 1.807) is 0 Å². The quantitative estimate of drug-likeness (QED) is 0.719. The van der Waals surface area contributed by atoms with Gasteiger partial charge in [-0.05, 0) is 20.0 Å². The van der Waals surface area contributed by atoms with Crippen LogP contribution in [0.25, 0.3) is 0 Å². The highest BCUT2D eigenvalue weighted by atomic mass is 15.3. The lowest BCUT2D eigenvalue weighted by Gasteiger charge is -2.14. The molecule has 0 radical (unpaired) electrons. The third kappa shape index (κ3) is 2.82. The average molecular weight is 182 g/mol. The lowest BCUT2D eigenvalue weighted by molar-refractivity contribution is 0.326. The Balaban J connectivity index is 2.57. The average Bonchev–Trinajstić information content (AvgIpc) is 2.30. The van der Waals surface area contributed by atoms with Crippen LogP contribution in [0.4, 0.5) is 0 Å². The molecule has 0 unspecified atom stereocenters. The maximum absolute atomic E-state index is 5.46. The molecular formula is C9H18N4. The van der Waals surface area contributed by atoms with Gasteiger partial charge in [0, 0.05) is 26.7 Å². The van der Waals surface area contributed by atoms with Crippen molar-refractivity contribution in [1.82, 2.24) is 14.7 Å². The van der Waals surface area contributed by atoms with Gasteiger partial charge in [-0.1, -0.05) is 0 Å². The van der Waals surface area contributed by atoms with Crippen molar-refractivity contribution < 1.29 is 0 Å². The van der Waals surface area contributed by atoms with E-state index in [4.69, 9.17) is 5.73 Å². The molecule has 4 nitrogen and oxygen atoms in total. The number of nitrogens with two attached hydrogens (primary N) is 1. The Labute approximate surface area is 79.3 Å². The Hall–Kier alpha value is -0.870. The molecule has 0 saturated heterocycles. The minimum Gasteiger partial charge on any atom is -0.329 e. The molecule has 0 aromatic carbocycles. The third-order valence-corrected chi connectivity index (χ3v) is 2.04. The second-order valence-corrected chi connectivity index (χ2v) is 3.43. The van der Waals surface area contributed by atoms with E-state index in [9.17, 15) is 0 Å². The summed E-state index contributed by atoms with van der Waals surface area (Å²) in [5.74, 6) is 0. The van der Waals surface area contributed by atoms with E-state index in [1.165, 1.54) is 5.69 Å². The van der Waals surface area contributed by atoms with Crippen molar-refractivity contribution >= 4 is 0 Å². The second-order valence-electron chi connectivity index (χ2n) is 3.43. The van der Waals surface area contributed by atoms with Gasteiger partial charge in [0.25, 0.3) is 0 Å². The first-order valence-electron chi connectivity index (χ1n) is 4.51. The molecule has 1 rings (SSSR count). The van der Waals surface area contributed by atoms with Crippen molar-refractivity contribution in [2.45, 2.75) is 13.5 Å². The van der Waals surface area contributed by atoms with Crippen LogP contribution in [0.3, 0.4) is 0 Å². The molecule has 0 bridgehead atoms. The fourth-order valence-electron chi connectivity index (χ4n) is 1.39. The van der Waals surface area contributed by atoms with Crippen LogP contribution < -0.4 is 5.73 Å². The molecule has 2 N–H and O–H groups in total. The van der Waals surface area contributed by atoms with Gasteiger partial charge in [0.2, 0.25) is 0 Å². The number of rotatable bonds is 4. The van der Waals surface area contributed by atoms with E-state index >= 15 is 0 Å². The Kier molecular flexibility index (Phi) is 3.45. The van der Waals surface area contributed by atoms with E-state index in [2.05, 4.69) is 23.1 Å². The summed E-state index contributed by atoms with van der Waals surface area (Å²) in [6.07, 6.45) is 0. The fourth-order valence-corrected chi connectivity index (χ4v) is 1.39. The van der Waals surface area contributed by atoms with Crippen LogP contribution in [0.2, 0.25) is 0 Å². The molecule has 0 aliphatic heterocycles. The molecule has 1 aromatic heterocycles. The maximum atomic E-state index is 5.46. The van der Waals surface area contributed by atoms with Crippen LogP contribution >= 0.6 is 0 Å². The molecule has 1 aromatic rings. The van der Waals surface area contributed by atoms with Crippen molar-refractivity contribution in [3.63, 3.8) is 0 Å². The standard InChI is InChI=1S/C9H18N4/c1-8-6-9(13(3)11-8)7-12(2)5-4-10/h6H,4-5,7,10H2,1-3H3. The lowest BCUT2D eigenvalue weighted by atomic mass is 10.3. The van der Waals surface area contributed by atoms with E-state index in [1.807, 2.05) is 18.7 Å². The minimum atomic E-state index is 0.702. The van der Waals surface area contributed by atoms with Crippen LogP contribution in [0, 0.1) is 6.92 Å². The summed E-state index contributed by atoms with van der Waals surface area (Å²) < 4.78 is 1.92. The number of likely N-dealkylation sites (N-methyl/N-ethyl adjacent to an activating group) is 1. The number of hydrogen-bond acceptors (Lipinski definition) is 3. The molecule has 0 amide bonds. The van der Waals surface area contributed by atoms with Gasteiger partial charge in [-0.3, -0.25) is 9.58 Å². The van der Waals surface area contributed by atoms with E-state index in [0.29, 0.717) is 6.54 Å². The molecule has 0 saturated carbocycles. The monoisotopic (exact) mass is 182 g/mol. The smallest absolute Gasteiger partial charge is 0.0597 e. The van der Waals surface area contributed by atoms with Crippen molar-refractivity contribution in [3.05, 3.63) is 17.5 Å². The highest BCUT2D eigenvalue weighted by Crippen LogP contribution is 2.04. The number of aromatic nitrogens is 2. The summed E-state index contributed by atoms with van der Waals surface area (Å²) in [6, 6.07) is 2.10. The van der Waals surface area contributed by atoms with Crippen LogP contribution in [0.1, 0.15) is 11.4 Å². The first kappa shape index (κ1) is 10.2. The van der Waals surface area contributed by atoms with Crippen molar-refractivity contribution in [2.24, 2.45) is 12.8 Å². The molecule has 13 heavy (non-hydrogen) atoms. The predicted octanol–water partition coefficient (Wildman–Crippen LogP) is 0.119. The highest BCUT2D eigenvalue weighted by Gasteiger charge is 2.04. The highest BCUT2D eigenvalue weighted by molar-refractivity contribution is 5.08. The number of hydrogen-bond donors (Lipinski definition) is 1. The van der Waals surface area contributed by atoms with Gasteiger partial charge in [0.1, 0.15) is 0 Å². The van der Waals surface area contributed by atoms with Gasteiger partial charge in [-0.25, -0.2) is 0 Å². The first-order chi connectivity index (χ1) is 6.13. The van der Waals surface area contributed by atoms with E-state index in [-0.39, 0.29) is 0 Å². The lowest BCUT2D eigenvalue weighted by Crippen LogP contribution is -2.25. The predicted molar refractivity (Wildman–Crippen MR) is 53.3 cm³/mol. The number of nitrogens with zero attached hydrogens (tertiary/aromatic N) is 3. The van der Waals surface area contributed by atoms with Gasteiger partial charge in [-0.2, -0.15) is 5.10 Å². The Morgan fingerprint density at radius 1 is 1.62 bits per heavy atom. The summed E-state index contributed by atoms with van der Waals surface area (Å²) in [6.45, 7) is 4.54. The topological polar surface area (TPSA) is 47.1 Å². The molecular weight excluding hydrogens is 164 g/mol. The second kappa shape index (κ2) is 4.39. The zero-order valence-corrected chi connectivity index (χ0v) is 8.62. The first-order valence-corrected chi connectivity index (χ1v) is 4.51. The summed E-state index contributed by atoms with van der Waals surface area (Å²) in [5.41, 5.74) is 7.76. The van der Waals surface area contributed by atoms with Crippen LogP contribution in [-0.4, -0.2) is 34.8 Å². The zero-order valence-electron chi connectivity index (χ0n) is 8.62. The third-order valence-electron chi connectivity index (χ3n) is 2.04. The van der Waals surface area contributed by atoms with E-state index in [0.717, 1.165) is 18.8 Å². The molecule has 1 heterocycles. The SMILES string of the molecule is Cc1cc(CN(C)CCN)n(C)n1. The molecule has 0 atom stereocenters. The summed E-state index contributed by atoms with van der Waals surface area (Å²) in [5, 5.41) is 4.28. The Bertz CT molecular complexity index is 267. The molecule has 74 valence electrons. The maximum Gasteiger partial charge on any atom is 0.0597 e. The van der Waals surface area contributed by atoms with Crippen molar-refractivity contribution in [2.75, 3.05) is 20.1 Å². The van der Waals surface area contributed by atoms with Gasteiger partial charge >= 0.3 is 0 Å². The molecule has 0 aliphatic rings. The molecule has 0 fully saturated rings. The van der Waals surface area contributed by atoms with Gasteiger partial charge < -0.3 is 5.73 Å². The minimum absolute atomic E-state index is 0.702. The fraction of sp³-hybridized carbons (Fsp3) is 0.667. The number of aryl methyl sites for hydroxylation is 2. The van der Waals surface area contributed by atoms with Crippen molar-refractivity contribution in [3.8, 4) is 0 Å². The van der Waals surface area contributed by atoms with Crippen LogP contribution in [-0.2, 0) is 13.6 Å². The zero-order chi connectivity index (χ0) is 9.84. The Morgan fingerprint density at radius 2 is 2.31 bits per heavy atom. The van der Waals surface area contributed by atoms with Crippen LogP contribution in [0.15, 0.2) is 6.07 Å². The van der Waals surface area contributed by atoms with Crippen LogP contribution in [0.5, 0.6) is 0 Å². The van der Waals surface area contributed by atoms with E-state index < -0.39 is 0 Å². The largest absolute Gasteiger partial charge is 0.329 e. The Morgan fingerprint density at radius 3 is 2.77 bits per heavy atom.